The van der Waals surface area contributed by atoms with Crippen LogP contribution in [0, 0.1) is 20.8 Å². The minimum atomic E-state index is -0.106. The van der Waals surface area contributed by atoms with Crippen molar-refractivity contribution in [3.05, 3.63) is 53.1 Å². The maximum atomic E-state index is 12.6. The number of pyridine rings is 1. The van der Waals surface area contributed by atoms with Gasteiger partial charge >= 0.3 is 0 Å². The molecule has 2 aromatic carbocycles. The molecule has 0 aliphatic rings. The predicted molar refractivity (Wildman–Crippen MR) is 128 cm³/mol. The summed E-state index contributed by atoms with van der Waals surface area (Å²) in [5.41, 5.74) is 6.10. The third-order valence-corrected chi connectivity index (χ3v) is 6.27. The highest BCUT2D eigenvalue weighted by Gasteiger charge is 2.15. The zero-order valence-corrected chi connectivity index (χ0v) is 19.7. The second kappa shape index (κ2) is 9.08. The lowest BCUT2D eigenvalue weighted by molar-refractivity contribution is -0.115. The van der Waals surface area contributed by atoms with Crippen molar-refractivity contribution in [1.29, 1.82) is 0 Å². The minimum absolute atomic E-state index is 0.106. The van der Waals surface area contributed by atoms with Crippen LogP contribution in [0.5, 0.6) is 11.5 Å². The van der Waals surface area contributed by atoms with E-state index in [4.69, 9.17) is 9.47 Å². The molecule has 0 fully saturated rings. The summed E-state index contributed by atoms with van der Waals surface area (Å²) in [5, 5.41) is 13.6. The SMILES string of the molecule is COc1ccc(OC)c(NC(=O)CCSc2nnc3cc(C)c4cc(C)cc(C)c4n23)c1. The molecule has 0 bridgehead atoms. The number of fused-ring (bicyclic) bond motifs is 3. The van der Waals surface area contributed by atoms with Crippen LogP contribution < -0.4 is 14.8 Å². The molecule has 8 heteroatoms. The van der Waals surface area contributed by atoms with Gasteiger partial charge < -0.3 is 14.8 Å². The summed E-state index contributed by atoms with van der Waals surface area (Å²) in [7, 11) is 3.15. The van der Waals surface area contributed by atoms with E-state index in [0.29, 0.717) is 29.4 Å². The first-order valence-corrected chi connectivity index (χ1v) is 11.3. The molecule has 0 saturated carbocycles. The largest absolute Gasteiger partial charge is 0.497 e. The third kappa shape index (κ3) is 4.23. The van der Waals surface area contributed by atoms with Crippen molar-refractivity contribution in [1.82, 2.24) is 14.6 Å². The van der Waals surface area contributed by atoms with E-state index in [1.807, 2.05) is 0 Å². The topological polar surface area (TPSA) is 77.8 Å². The number of methoxy groups -OCH3 is 2. The van der Waals surface area contributed by atoms with Gasteiger partial charge in [0.25, 0.3) is 0 Å². The molecule has 32 heavy (non-hydrogen) atoms. The summed E-state index contributed by atoms with van der Waals surface area (Å²) in [6.07, 6.45) is 0.321. The van der Waals surface area contributed by atoms with E-state index in [-0.39, 0.29) is 5.91 Å². The van der Waals surface area contributed by atoms with Gasteiger partial charge in [0.2, 0.25) is 5.91 Å². The highest BCUT2D eigenvalue weighted by molar-refractivity contribution is 7.99. The van der Waals surface area contributed by atoms with E-state index >= 15 is 0 Å². The Hall–Kier alpha value is -3.26. The number of hydrogen-bond donors (Lipinski definition) is 1. The van der Waals surface area contributed by atoms with Gasteiger partial charge in [-0.3, -0.25) is 9.20 Å². The average molecular weight is 451 g/mol. The molecule has 0 aliphatic heterocycles. The monoisotopic (exact) mass is 450 g/mol. The first kappa shape index (κ1) is 22.0. The Labute approximate surface area is 191 Å². The van der Waals surface area contributed by atoms with E-state index in [9.17, 15) is 4.79 Å². The van der Waals surface area contributed by atoms with Crippen molar-refractivity contribution < 1.29 is 14.3 Å². The van der Waals surface area contributed by atoms with Gasteiger partial charge in [0, 0.05) is 23.6 Å². The third-order valence-electron chi connectivity index (χ3n) is 5.34. The van der Waals surface area contributed by atoms with Gasteiger partial charge in [-0.1, -0.05) is 23.4 Å². The molecule has 0 saturated heterocycles. The zero-order chi connectivity index (χ0) is 22.8. The lowest BCUT2D eigenvalue weighted by atomic mass is 10.0. The fraction of sp³-hybridized carbons (Fsp3) is 0.292. The molecule has 0 atom stereocenters. The average Bonchev–Trinajstić information content (AvgIpc) is 3.15. The molecule has 0 aliphatic carbocycles. The number of aryl methyl sites for hydroxylation is 3. The van der Waals surface area contributed by atoms with Crippen LogP contribution in [0.25, 0.3) is 16.6 Å². The van der Waals surface area contributed by atoms with Crippen LogP contribution in [0.15, 0.2) is 41.6 Å². The lowest BCUT2D eigenvalue weighted by Crippen LogP contribution is -2.13. The number of rotatable bonds is 7. The predicted octanol–water partition coefficient (Wildman–Crippen LogP) is 4.95. The van der Waals surface area contributed by atoms with Crippen LogP contribution >= 0.6 is 11.8 Å². The number of amides is 1. The van der Waals surface area contributed by atoms with Gasteiger partial charge in [0.05, 0.1) is 25.4 Å². The molecule has 2 heterocycles. The highest BCUT2D eigenvalue weighted by atomic mass is 32.2. The van der Waals surface area contributed by atoms with Crippen molar-refractivity contribution in [3.8, 4) is 11.5 Å². The molecular weight excluding hydrogens is 424 g/mol. The van der Waals surface area contributed by atoms with Crippen LogP contribution in [-0.4, -0.2) is 40.5 Å². The second-order valence-electron chi connectivity index (χ2n) is 7.69. The lowest BCUT2D eigenvalue weighted by Gasteiger charge is -2.12. The van der Waals surface area contributed by atoms with Gasteiger partial charge in [-0.05, 0) is 56.2 Å². The maximum Gasteiger partial charge on any atom is 0.225 e. The number of hydrogen-bond acceptors (Lipinski definition) is 6. The molecule has 2 aromatic heterocycles. The van der Waals surface area contributed by atoms with E-state index in [0.717, 1.165) is 16.3 Å². The maximum absolute atomic E-state index is 12.6. The highest BCUT2D eigenvalue weighted by Crippen LogP contribution is 2.31. The summed E-state index contributed by atoms with van der Waals surface area (Å²) < 4.78 is 12.7. The molecule has 0 radical (unpaired) electrons. The van der Waals surface area contributed by atoms with Gasteiger partial charge in [0.1, 0.15) is 11.5 Å². The molecule has 4 rings (SSSR count). The number of carbonyl (C=O) groups excluding carboxylic acids is 1. The fourth-order valence-electron chi connectivity index (χ4n) is 3.87. The number of nitrogens with zero attached hydrogens (tertiary/aromatic N) is 3. The van der Waals surface area contributed by atoms with Gasteiger partial charge in [-0.15, -0.1) is 10.2 Å². The number of thioether (sulfide) groups is 1. The summed E-state index contributed by atoms with van der Waals surface area (Å²) in [6.45, 7) is 6.31. The van der Waals surface area contributed by atoms with Gasteiger partial charge in [-0.2, -0.15) is 0 Å². The number of nitrogens with one attached hydrogen (secondary N) is 1. The van der Waals surface area contributed by atoms with Crippen LogP contribution in [-0.2, 0) is 4.79 Å². The number of aromatic nitrogens is 3. The minimum Gasteiger partial charge on any atom is -0.497 e. The second-order valence-corrected chi connectivity index (χ2v) is 8.76. The van der Waals surface area contributed by atoms with Crippen molar-refractivity contribution in [3.63, 3.8) is 0 Å². The van der Waals surface area contributed by atoms with Gasteiger partial charge in [-0.25, -0.2) is 0 Å². The molecule has 0 unspecified atom stereocenters. The Bertz CT molecular complexity index is 1320. The quantitative estimate of drug-likeness (QED) is 0.402. The zero-order valence-electron chi connectivity index (χ0n) is 18.9. The summed E-state index contributed by atoms with van der Waals surface area (Å²) in [6, 6.07) is 11.7. The molecule has 1 N–H and O–H groups in total. The molecule has 0 spiro atoms. The summed E-state index contributed by atoms with van der Waals surface area (Å²) >= 11 is 1.52. The number of anilines is 1. The summed E-state index contributed by atoms with van der Waals surface area (Å²) in [4.78, 5) is 12.6. The van der Waals surface area contributed by atoms with Crippen molar-refractivity contribution >= 4 is 39.9 Å². The van der Waals surface area contributed by atoms with Gasteiger partial charge in [0.15, 0.2) is 10.8 Å². The Morgan fingerprint density at radius 2 is 1.84 bits per heavy atom. The standard InChI is InChI=1S/C24H26N4O3S/c1-14-10-16(3)23-18(11-14)15(2)12-21-26-27-24(28(21)23)32-9-8-22(29)25-19-13-17(30-4)6-7-20(19)31-5/h6-7,10-13H,8-9H2,1-5H3,(H,25,29). The smallest absolute Gasteiger partial charge is 0.225 e. The van der Waals surface area contributed by atoms with Crippen molar-refractivity contribution in [2.45, 2.75) is 32.3 Å². The van der Waals surface area contributed by atoms with E-state index in [1.165, 1.54) is 33.8 Å². The van der Waals surface area contributed by atoms with Crippen LogP contribution in [0.3, 0.4) is 0 Å². The van der Waals surface area contributed by atoms with Crippen molar-refractivity contribution in [2.75, 3.05) is 25.3 Å². The fourth-order valence-corrected chi connectivity index (χ4v) is 4.75. The number of ether oxygens (including phenoxy) is 2. The normalized spacial score (nSPS) is 11.2. The number of carbonyl (C=O) groups is 1. The molecular formula is C24H26N4O3S. The molecule has 7 nitrogen and oxygen atoms in total. The van der Waals surface area contributed by atoms with Crippen LogP contribution in [0.4, 0.5) is 5.69 Å². The Morgan fingerprint density at radius 3 is 2.59 bits per heavy atom. The molecule has 1 amide bonds. The first-order chi connectivity index (χ1) is 15.4. The van der Waals surface area contributed by atoms with E-state index < -0.39 is 0 Å². The van der Waals surface area contributed by atoms with Crippen LogP contribution in [0.2, 0.25) is 0 Å². The van der Waals surface area contributed by atoms with E-state index in [2.05, 4.69) is 58.9 Å². The first-order valence-electron chi connectivity index (χ1n) is 10.3. The number of benzene rings is 2. The molecule has 4 aromatic rings. The molecule has 166 valence electrons. The Kier molecular flexibility index (Phi) is 6.23. The van der Waals surface area contributed by atoms with E-state index in [1.54, 1.807) is 32.4 Å². The summed E-state index contributed by atoms with van der Waals surface area (Å²) in [5.74, 6) is 1.70. The van der Waals surface area contributed by atoms with Crippen LogP contribution in [0.1, 0.15) is 23.1 Å². The Balaban J connectivity index is 1.52. The Morgan fingerprint density at radius 1 is 1.03 bits per heavy atom. The van der Waals surface area contributed by atoms with Crippen molar-refractivity contribution in [2.24, 2.45) is 0 Å².